The predicted octanol–water partition coefficient (Wildman–Crippen LogP) is 4.26. The molecule has 2 aliphatic carbocycles. The van der Waals surface area contributed by atoms with E-state index in [0.717, 1.165) is 12.4 Å². The normalized spacial score (nSPS) is 37.4. The molecule has 3 heteroatoms. The van der Waals surface area contributed by atoms with E-state index in [-0.39, 0.29) is 5.60 Å². The van der Waals surface area contributed by atoms with E-state index in [1.165, 1.54) is 70.6 Å². The molecule has 1 spiro atoms. The van der Waals surface area contributed by atoms with Gasteiger partial charge in [-0.3, -0.25) is 0 Å². The van der Waals surface area contributed by atoms with Crippen molar-refractivity contribution in [3.63, 3.8) is 0 Å². The molecule has 3 fully saturated rings. The van der Waals surface area contributed by atoms with Crippen molar-refractivity contribution in [1.29, 1.82) is 0 Å². The Morgan fingerprint density at radius 2 is 1.75 bits per heavy atom. The van der Waals surface area contributed by atoms with Crippen LogP contribution in [0.5, 0.6) is 0 Å². The zero-order chi connectivity index (χ0) is 13.8. The van der Waals surface area contributed by atoms with E-state index < -0.39 is 0 Å². The maximum Gasteiger partial charge on any atom is 0.0708 e. The Balaban J connectivity index is 1.44. The Morgan fingerprint density at radius 3 is 2.55 bits per heavy atom. The number of rotatable bonds is 4. The van der Waals surface area contributed by atoms with Crippen LogP contribution in [-0.4, -0.2) is 30.2 Å². The van der Waals surface area contributed by atoms with Gasteiger partial charge in [0.1, 0.15) is 0 Å². The molecule has 0 aromatic rings. The fraction of sp³-hybridized carbons (Fsp3) is 1.00. The van der Waals surface area contributed by atoms with Crippen LogP contribution in [0.25, 0.3) is 0 Å². The summed E-state index contributed by atoms with van der Waals surface area (Å²) in [6.07, 6.45) is 15.1. The molecule has 0 amide bonds. The highest BCUT2D eigenvalue weighted by Gasteiger charge is 2.40. The molecule has 3 rings (SSSR count). The Hall–Kier alpha value is 0.210. The fourth-order valence-corrected chi connectivity index (χ4v) is 4.92. The van der Waals surface area contributed by atoms with E-state index in [1.54, 1.807) is 0 Å². The predicted molar refractivity (Wildman–Crippen MR) is 84.4 cm³/mol. The van der Waals surface area contributed by atoms with Gasteiger partial charge in [0.25, 0.3) is 0 Å². The quantitative estimate of drug-likeness (QED) is 0.783. The Labute approximate surface area is 129 Å². The Morgan fingerprint density at radius 1 is 0.950 bits per heavy atom. The molecule has 1 aliphatic heterocycles. The van der Waals surface area contributed by atoms with E-state index in [4.69, 9.17) is 16.3 Å². The second kappa shape index (κ2) is 6.98. The third-order valence-electron chi connectivity index (χ3n) is 5.82. The first kappa shape index (κ1) is 15.1. The maximum atomic E-state index is 6.45. The van der Waals surface area contributed by atoms with Gasteiger partial charge in [-0.25, -0.2) is 0 Å². The molecule has 1 saturated heterocycles. The molecule has 1 N–H and O–H groups in total. The zero-order valence-corrected chi connectivity index (χ0v) is 13.5. The molecular formula is C17H30ClNO. The first-order chi connectivity index (χ1) is 9.81. The first-order valence-electron chi connectivity index (χ1n) is 8.78. The number of alkyl halides is 1. The molecule has 0 aromatic heterocycles. The minimum Gasteiger partial charge on any atom is -0.370 e. The maximum absolute atomic E-state index is 6.45. The minimum atomic E-state index is 0.267. The molecule has 0 radical (unpaired) electrons. The van der Waals surface area contributed by atoms with Gasteiger partial charge in [0, 0.05) is 18.5 Å². The summed E-state index contributed by atoms with van der Waals surface area (Å²) < 4.78 is 6.45. The molecule has 2 nitrogen and oxygen atoms in total. The van der Waals surface area contributed by atoms with Crippen LogP contribution < -0.4 is 5.32 Å². The minimum absolute atomic E-state index is 0.267. The molecular weight excluding hydrogens is 270 g/mol. The van der Waals surface area contributed by atoms with Gasteiger partial charge in [0.05, 0.1) is 11.7 Å². The summed E-state index contributed by atoms with van der Waals surface area (Å²) >= 11 is 6.12. The number of ether oxygens (including phenoxy) is 1. The van der Waals surface area contributed by atoms with Crippen molar-refractivity contribution in [2.45, 2.75) is 88.4 Å². The van der Waals surface area contributed by atoms with Crippen LogP contribution in [0.2, 0.25) is 0 Å². The summed E-state index contributed by atoms with van der Waals surface area (Å²) in [5.41, 5.74) is 0.267. The van der Waals surface area contributed by atoms with Crippen LogP contribution in [0.1, 0.15) is 70.6 Å². The van der Waals surface area contributed by atoms with Crippen molar-refractivity contribution in [3.8, 4) is 0 Å². The van der Waals surface area contributed by atoms with Crippen molar-refractivity contribution in [1.82, 2.24) is 5.32 Å². The van der Waals surface area contributed by atoms with E-state index in [2.05, 4.69) is 5.32 Å². The summed E-state index contributed by atoms with van der Waals surface area (Å²) in [5, 5.41) is 3.78. The number of nitrogens with one attached hydrogen (secondary N) is 1. The van der Waals surface area contributed by atoms with E-state index in [9.17, 15) is 0 Å². The third-order valence-corrected chi connectivity index (χ3v) is 6.21. The average molecular weight is 300 g/mol. The summed E-state index contributed by atoms with van der Waals surface area (Å²) in [7, 11) is 0. The second-order valence-electron chi connectivity index (χ2n) is 7.24. The van der Waals surface area contributed by atoms with Crippen molar-refractivity contribution in [2.75, 3.05) is 12.4 Å². The third kappa shape index (κ3) is 3.51. The van der Waals surface area contributed by atoms with Crippen LogP contribution in [0.3, 0.4) is 0 Å². The summed E-state index contributed by atoms with van der Waals surface area (Å²) in [4.78, 5) is 0. The van der Waals surface area contributed by atoms with Crippen LogP contribution >= 0.6 is 11.6 Å². The monoisotopic (exact) mass is 299 g/mol. The molecule has 0 bridgehead atoms. The number of hydrogen-bond acceptors (Lipinski definition) is 2. The molecule has 1 heterocycles. The standard InChI is InChI=1S/C17H30ClNO/c18-12-14-6-2-3-7-16(14)19-13-15-8-11-17(20-15)9-4-1-5-10-17/h14-16,19H,1-13H2. The lowest BCUT2D eigenvalue weighted by Crippen LogP contribution is -2.43. The lowest BCUT2D eigenvalue weighted by atomic mass is 9.83. The van der Waals surface area contributed by atoms with Crippen LogP contribution in [-0.2, 0) is 4.74 Å². The van der Waals surface area contributed by atoms with Crippen molar-refractivity contribution < 1.29 is 4.74 Å². The van der Waals surface area contributed by atoms with Gasteiger partial charge >= 0.3 is 0 Å². The summed E-state index contributed by atoms with van der Waals surface area (Å²) in [6, 6.07) is 0.632. The highest BCUT2D eigenvalue weighted by molar-refractivity contribution is 6.18. The topological polar surface area (TPSA) is 21.3 Å². The molecule has 0 aromatic carbocycles. The molecule has 116 valence electrons. The Bertz CT molecular complexity index is 303. The Kier molecular flexibility index (Phi) is 5.28. The van der Waals surface area contributed by atoms with Gasteiger partial charge in [0.2, 0.25) is 0 Å². The van der Waals surface area contributed by atoms with Crippen molar-refractivity contribution in [3.05, 3.63) is 0 Å². The molecule has 3 atom stereocenters. The van der Waals surface area contributed by atoms with Crippen molar-refractivity contribution >= 4 is 11.6 Å². The van der Waals surface area contributed by atoms with Gasteiger partial charge in [0.15, 0.2) is 0 Å². The molecule has 3 unspecified atom stereocenters. The SMILES string of the molecule is ClCC1CCCCC1NCC1CCC2(CCCCC2)O1. The highest BCUT2D eigenvalue weighted by Crippen LogP contribution is 2.41. The van der Waals surface area contributed by atoms with Gasteiger partial charge < -0.3 is 10.1 Å². The number of hydrogen-bond donors (Lipinski definition) is 1. The molecule has 3 aliphatic rings. The van der Waals surface area contributed by atoms with Crippen molar-refractivity contribution in [2.24, 2.45) is 5.92 Å². The average Bonchev–Trinajstić information content (AvgIpc) is 2.89. The summed E-state index contributed by atoms with van der Waals surface area (Å²) in [6.45, 7) is 1.04. The number of halogens is 1. The van der Waals surface area contributed by atoms with E-state index in [0.29, 0.717) is 18.1 Å². The molecule has 2 saturated carbocycles. The van der Waals surface area contributed by atoms with Gasteiger partial charge in [-0.15, -0.1) is 11.6 Å². The zero-order valence-electron chi connectivity index (χ0n) is 12.7. The smallest absolute Gasteiger partial charge is 0.0708 e. The largest absolute Gasteiger partial charge is 0.370 e. The van der Waals surface area contributed by atoms with E-state index in [1.807, 2.05) is 0 Å². The van der Waals surface area contributed by atoms with Crippen LogP contribution in [0, 0.1) is 5.92 Å². The fourth-order valence-electron chi connectivity index (χ4n) is 4.55. The van der Waals surface area contributed by atoms with Crippen LogP contribution in [0.4, 0.5) is 0 Å². The highest BCUT2D eigenvalue weighted by atomic mass is 35.5. The van der Waals surface area contributed by atoms with E-state index >= 15 is 0 Å². The van der Waals surface area contributed by atoms with Crippen LogP contribution in [0.15, 0.2) is 0 Å². The second-order valence-corrected chi connectivity index (χ2v) is 7.54. The lowest BCUT2D eigenvalue weighted by molar-refractivity contribution is -0.0635. The van der Waals surface area contributed by atoms with Gasteiger partial charge in [-0.1, -0.05) is 32.1 Å². The van der Waals surface area contributed by atoms with Gasteiger partial charge in [-0.2, -0.15) is 0 Å². The van der Waals surface area contributed by atoms with Gasteiger partial charge in [-0.05, 0) is 44.4 Å². The first-order valence-corrected chi connectivity index (χ1v) is 9.32. The molecule has 20 heavy (non-hydrogen) atoms. The summed E-state index contributed by atoms with van der Waals surface area (Å²) in [5.74, 6) is 1.49. The lowest BCUT2D eigenvalue weighted by Gasteiger charge is -2.34.